The van der Waals surface area contributed by atoms with Gasteiger partial charge < -0.3 is 9.94 Å². The van der Waals surface area contributed by atoms with E-state index in [4.69, 9.17) is 9.94 Å². The van der Waals surface area contributed by atoms with Crippen LogP contribution in [0.4, 0.5) is 0 Å². The van der Waals surface area contributed by atoms with Gasteiger partial charge in [0.15, 0.2) is 0 Å². The molecule has 0 aliphatic rings. The van der Waals surface area contributed by atoms with Crippen LogP contribution in [0, 0.1) is 0 Å². The van der Waals surface area contributed by atoms with Crippen molar-refractivity contribution >= 4 is 29.4 Å². The van der Waals surface area contributed by atoms with E-state index >= 15 is 0 Å². The van der Waals surface area contributed by atoms with Crippen molar-refractivity contribution in [1.29, 1.82) is 0 Å². The number of aliphatic hydroxyl groups is 1. The lowest BCUT2D eigenvalue weighted by atomic mass is 10.3. The van der Waals surface area contributed by atoms with Gasteiger partial charge in [-0.05, 0) is 37.9 Å². The maximum absolute atomic E-state index is 7.86. The van der Waals surface area contributed by atoms with Crippen LogP contribution in [0.2, 0.25) is 0 Å². The Morgan fingerprint density at radius 2 is 1.76 bits per heavy atom. The summed E-state index contributed by atoms with van der Waals surface area (Å²) in [4.78, 5) is 13.8. The van der Waals surface area contributed by atoms with E-state index in [0.29, 0.717) is 6.54 Å². The number of nitrogens with one attached hydrogen (secondary N) is 1. The minimum atomic E-state index is 0.167. The van der Waals surface area contributed by atoms with Crippen LogP contribution >= 0.6 is 22.7 Å². The maximum Gasteiger partial charge on any atom is 0.0820 e. The van der Waals surface area contributed by atoms with E-state index in [9.17, 15) is 0 Å². The van der Waals surface area contributed by atoms with E-state index in [-0.39, 0.29) is 5.76 Å². The lowest BCUT2D eigenvalue weighted by Gasteiger charge is -1.96. The normalized spacial score (nSPS) is 9.81. The Bertz CT molecular complexity index is 572. The summed E-state index contributed by atoms with van der Waals surface area (Å²) in [7, 11) is 1.63. The summed E-state index contributed by atoms with van der Waals surface area (Å²) in [5.41, 5.74) is 2.85. The van der Waals surface area contributed by atoms with Gasteiger partial charge >= 0.3 is 0 Å². The van der Waals surface area contributed by atoms with Gasteiger partial charge in [-0.1, -0.05) is 6.58 Å². The molecule has 0 saturated carbocycles. The number of allylic oxidation sites excluding steroid dienone is 1. The van der Waals surface area contributed by atoms with Crippen molar-refractivity contribution in [3.63, 3.8) is 0 Å². The average molecular weight is 324 g/mol. The number of hydroxylamine groups is 1. The van der Waals surface area contributed by atoms with E-state index in [2.05, 4.69) is 48.0 Å². The van der Waals surface area contributed by atoms with Gasteiger partial charge in [-0.3, -0.25) is 4.99 Å². The molecule has 2 aromatic heterocycles. The molecule has 0 radical (unpaired) electrons. The molecular formula is C15H20N2O2S2. The molecule has 0 aliphatic heterocycles. The first kappa shape index (κ1) is 17.6. The number of hydrogen-bond donors (Lipinski definition) is 2. The van der Waals surface area contributed by atoms with E-state index in [1.807, 2.05) is 0 Å². The lowest BCUT2D eigenvalue weighted by molar-refractivity contribution is 0.0874. The zero-order valence-electron chi connectivity index (χ0n) is 12.3. The quantitative estimate of drug-likeness (QED) is 0.470. The minimum Gasteiger partial charge on any atom is -0.513 e. The first-order valence-corrected chi connectivity index (χ1v) is 7.90. The number of aliphatic imine (C=N–C) groups is 1. The van der Waals surface area contributed by atoms with Crippen LogP contribution < -0.4 is 5.48 Å². The van der Waals surface area contributed by atoms with Crippen LogP contribution in [0.15, 0.2) is 41.6 Å². The van der Waals surface area contributed by atoms with E-state index < -0.39 is 0 Å². The van der Waals surface area contributed by atoms with Gasteiger partial charge in [-0.15, -0.1) is 22.7 Å². The molecule has 0 bridgehead atoms. The fourth-order valence-corrected chi connectivity index (χ4v) is 3.44. The fraction of sp³-hybridized carbons (Fsp3) is 0.267. The summed E-state index contributed by atoms with van der Waals surface area (Å²) in [5.74, 6) is 0.167. The van der Waals surface area contributed by atoms with Gasteiger partial charge in [-0.2, -0.15) is 5.48 Å². The van der Waals surface area contributed by atoms with Gasteiger partial charge in [-0.25, -0.2) is 0 Å². The van der Waals surface area contributed by atoms with E-state index in [1.54, 1.807) is 29.8 Å². The zero-order valence-corrected chi connectivity index (χ0v) is 13.9. The molecule has 21 heavy (non-hydrogen) atoms. The molecule has 0 saturated heterocycles. The highest BCUT2D eigenvalue weighted by atomic mass is 32.1. The van der Waals surface area contributed by atoms with Crippen LogP contribution in [0.5, 0.6) is 0 Å². The van der Waals surface area contributed by atoms with Gasteiger partial charge in [0, 0.05) is 19.5 Å². The second-order valence-corrected chi connectivity index (χ2v) is 6.51. The molecule has 6 heteroatoms. The highest BCUT2D eigenvalue weighted by Gasteiger charge is 2.05. The highest BCUT2D eigenvalue weighted by Crippen LogP contribution is 2.33. The number of thiophene rings is 2. The summed E-state index contributed by atoms with van der Waals surface area (Å²) in [6, 6.07) is 8.53. The van der Waals surface area contributed by atoms with Crippen molar-refractivity contribution in [3.8, 4) is 9.75 Å². The van der Waals surface area contributed by atoms with E-state index in [1.165, 1.54) is 26.4 Å². The van der Waals surface area contributed by atoms with Gasteiger partial charge in [0.05, 0.1) is 26.0 Å². The molecule has 4 nitrogen and oxygen atoms in total. The first-order chi connectivity index (χ1) is 10.1. The van der Waals surface area contributed by atoms with Crippen LogP contribution in [0.25, 0.3) is 9.75 Å². The smallest absolute Gasteiger partial charge is 0.0820 e. The molecule has 2 N–H and O–H groups in total. The predicted octanol–water partition coefficient (Wildman–Crippen LogP) is 4.41. The number of hydrogen-bond acceptors (Lipinski definition) is 6. The Hall–Kier alpha value is -1.47. The standard InChI is InChI=1S/C12H14N2OS2.C3H6O/c1-13-7-9-3-5-11(16-9)12-6-4-10(17-12)8-14-15-2;1-3(2)4/h3-6,14H,1,7-8H2,2H3;4H,1H2,2H3. The second kappa shape index (κ2) is 9.46. The molecule has 0 fully saturated rings. The minimum absolute atomic E-state index is 0.167. The molecule has 0 spiro atoms. The monoisotopic (exact) mass is 324 g/mol. The Morgan fingerprint density at radius 3 is 2.29 bits per heavy atom. The van der Waals surface area contributed by atoms with Gasteiger partial charge in [0.2, 0.25) is 0 Å². The first-order valence-electron chi connectivity index (χ1n) is 6.27. The largest absolute Gasteiger partial charge is 0.513 e. The summed E-state index contributed by atoms with van der Waals surface area (Å²) in [6.07, 6.45) is 0. The molecule has 2 aromatic rings. The van der Waals surface area contributed by atoms with Crippen molar-refractivity contribution < 1.29 is 9.94 Å². The van der Waals surface area contributed by atoms with Crippen LogP contribution in [0.1, 0.15) is 16.7 Å². The third kappa shape index (κ3) is 6.68. The summed E-state index contributed by atoms with van der Waals surface area (Å²) in [5, 5.41) is 7.86. The molecule has 2 rings (SSSR count). The average Bonchev–Trinajstić information content (AvgIpc) is 3.04. The molecular weight excluding hydrogens is 304 g/mol. The molecule has 0 amide bonds. The SMILES string of the molecule is C=C(C)O.C=NCc1ccc(-c2ccc(CNOC)s2)s1. The highest BCUT2D eigenvalue weighted by molar-refractivity contribution is 7.22. The van der Waals surface area contributed by atoms with Crippen molar-refractivity contribution in [2.45, 2.75) is 20.0 Å². The Balaban J connectivity index is 0.000000491. The predicted molar refractivity (Wildman–Crippen MR) is 92.2 cm³/mol. The number of rotatable bonds is 6. The fourth-order valence-electron chi connectivity index (χ4n) is 1.45. The third-order valence-corrected chi connectivity index (χ3v) is 4.58. The van der Waals surface area contributed by atoms with Crippen molar-refractivity contribution in [1.82, 2.24) is 5.48 Å². The third-order valence-electron chi connectivity index (χ3n) is 2.22. The second-order valence-electron chi connectivity index (χ2n) is 4.17. The van der Waals surface area contributed by atoms with Crippen LogP contribution in [-0.2, 0) is 17.9 Å². The Kier molecular flexibility index (Phi) is 7.92. The molecule has 0 aromatic carbocycles. The van der Waals surface area contributed by atoms with Crippen molar-refractivity contribution in [2.75, 3.05) is 7.11 Å². The van der Waals surface area contributed by atoms with Crippen LogP contribution in [0.3, 0.4) is 0 Å². The topological polar surface area (TPSA) is 53.9 Å². The molecule has 114 valence electrons. The summed E-state index contributed by atoms with van der Waals surface area (Å²) in [6.45, 7) is 9.60. The zero-order chi connectivity index (χ0) is 15.7. The van der Waals surface area contributed by atoms with Crippen molar-refractivity contribution in [2.24, 2.45) is 4.99 Å². The van der Waals surface area contributed by atoms with Crippen molar-refractivity contribution in [3.05, 3.63) is 46.4 Å². The molecule has 2 heterocycles. The van der Waals surface area contributed by atoms with E-state index in [0.717, 1.165) is 6.54 Å². The van der Waals surface area contributed by atoms with Gasteiger partial charge in [0.1, 0.15) is 0 Å². The Labute approximate surface area is 133 Å². The molecule has 0 atom stereocenters. The summed E-state index contributed by atoms with van der Waals surface area (Å²) >= 11 is 3.55. The Morgan fingerprint density at radius 1 is 1.24 bits per heavy atom. The molecule has 0 aliphatic carbocycles. The van der Waals surface area contributed by atoms with Crippen LogP contribution in [-0.4, -0.2) is 18.9 Å². The number of aliphatic hydroxyl groups excluding tert-OH is 1. The number of nitrogens with zero attached hydrogens (tertiary/aromatic N) is 1. The summed E-state index contributed by atoms with van der Waals surface area (Å²) < 4.78 is 0. The molecule has 0 unspecified atom stereocenters. The van der Waals surface area contributed by atoms with Gasteiger partial charge in [0.25, 0.3) is 0 Å². The maximum atomic E-state index is 7.86. The lowest BCUT2D eigenvalue weighted by Crippen LogP contribution is -2.09.